The minimum Gasteiger partial charge on any atom is -0.391 e. The van der Waals surface area contributed by atoms with E-state index in [-0.39, 0.29) is 11.9 Å². The fourth-order valence-electron chi connectivity index (χ4n) is 3.55. The Kier molecular flexibility index (Phi) is 5.50. The number of amides is 1. The summed E-state index contributed by atoms with van der Waals surface area (Å²) in [6.45, 7) is 2.22. The van der Waals surface area contributed by atoms with Gasteiger partial charge in [0, 0.05) is 25.2 Å². The third-order valence-electron chi connectivity index (χ3n) is 5.13. The SMILES string of the molecule is O=C(N[C@@H]1CN(CC=Cc2ccccc2)CC[C@@H]1O)c1ccc2nc[nH]c2c1. The first kappa shape index (κ1) is 18.4. The number of likely N-dealkylation sites (tertiary alicyclic amines) is 1. The summed E-state index contributed by atoms with van der Waals surface area (Å²) in [6.07, 6.45) is 5.94. The van der Waals surface area contributed by atoms with E-state index in [4.69, 9.17) is 0 Å². The molecule has 1 aliphatic rings. The van der Waals surface area contributed by atoms with Crippen LogP contribution in [0.3, 0.4) is 0 Å². The molecule has 144 valence electrons. The lowest BCUT2D eigenvalue weighted by Gasteiger charge is -2.36. The van der Waals surface area contributed by atoms with Crippen molar-refractivity contribution >= 4 is 23.0 Å². The van der Waals surface area contributed by atoms with Gasteiger partial charge >= 0.3 is 0 Å². The van der Waals surface area contributed by atoms with Gasteiger partial charge < -0.3 is 15.4 Å². The minimum atomic E-state index is -0.533. The van der Waals surface area contributed by atoms with Gasteiger partial charge in [-0.3, -0.25) is 9.69 Å². The number of hydrogen-bond acceptors (Lipinski definition) is 4. The van der Waals surface area contributed by atoms with E-state index >= 15 is 0 Å². The van der Waals surface area contributed by atoms with Crippen molar-refractivity contribution in [2.45, 2.75) is 18.6 Å². The predicted molar refractivity (Wildman–Crippen MR) is 110 cm³/mol. The molecule has 2 heterocycles. The average molecular weight is 376 g/mol. The Hall–Kier alpha value is -2.96. The fraction of sp³-hybridized carbons (Fsp3) is 0.273. The van der Waals surface area contributed by atoms with E-state index < -0.39 is 6.10 Å². The topological polar surface area (TPSA) is 81.2 Å². The second kappa shape index (κ2) is 8.37. The lowest BCUT2D eigenvalue weighted by molar-refractivity contribution is 0.0472. The standard InChI is InChI=1S/C22H24N4O2/c27-21-10-12-26(11-4-7-16-5-2-1-3-6-16)14-20(21)25-22(28)17-8-9-18-19(13-17)24-15-23-18/h1-9,13,15,20-21,27H,10-12,14H2,(H,23,24)(H,25,28)/t20-,21+/m1/s1. The monoisotopic (exact) mass is 376 g/mol. The van der Waals surface area contributed by atoms with Crippen LogP contribution >= 0.6 is 0 Å². The van der Waals surface area contributed by atoms with Crippen molar-refractivity contribution in [3.63, 3.8) is 0 Å². The van der Waals surface area contributed by atoms with E-state index in [9.17, 15) is 9.90 Å². The molecule has 2 atom stereocenters. The number of H-pyrrole nitrogens is 1. The maximum atomic E-state index is 12.6. The molecule has 6 heteroatoms. The van der Waals surface area contributed by atoms with Crippen LogP contribution in [-0.2, 0) is 0 Å². The van der Waals surface area contributed by atoms with Crippen molar-refractivity contribution in [3.05, 3.63) is 72.1 Å². The summed E-state index contributed by atoms with van der Waals surface area (Å²) in [4.78, 5) is 22.1. The van der Waals surface area contributed by atoms with Gasteiger partial charge in [-0.2, -0.15) is 0 Å². The Morgan fingerprint density at radius 1 is 1.29 bits per heavy atom. The number of carbonyl (C=O) groups excluding carboxylic acids is 1. The Balaban J connectivity index is 1.36. The smallest absolute Gasteiger partial charge is 0.251 e. The lowest BCUT2D eigenvalue weighted by Crippen LogP contribution is -2.55. The van der Waals surface area contributed by atoms with Gasteiger partial charge in [-0.05, 0) is 30.2 Å². The van der Waals surface area contributed by atoms with Crippen LogP contribution in [0.5, 0.6) is 0 Å². The zero-order chi connectivity index (χ0) is 19.3. The zero-order valence-corrected chi connectivity index (χ0v) is 15.6. The zero-order valence-electron chi connectivity index (χ0n) is 15.6. The van der Waals surface area contributed by atoms with E-state index in [0.29, 0.717) is 18.5 Å². The molecule has 28 heavy (non-hydrogen) atoms. The predicted octanol–water partition coefficient (Wildman–Crippen LogP) is 2.44. The molecule has 0 radical (unpaired) electrons. The summed E-state index contributed by atoms with van der Waals surface area (Å²) in [5.41, 5.74) is 3.37. The molecule has 0 unspecified atom stereocenters. The maximum Gasteiger partial charge on any atom is 0.251 e. The number of nitrogens with one attached hydrogen (secondary N) is 2. The minimum absolute atomic E-state index is 0.178. The van der Waals surface area contributed by atoms with Gasteiger partial charge in [0.2, 0.25) is 0 Å². The molecule has 1 fully saturated rings. The molecule has 6 nitrogen and oxygen atoms in total. The molecular weight excluding hydrogens is 352 g/mol. The van der Waals surface area contributed by atoms with E-state index in [1.165, 1.54) is 5.56 Å². The highest BCUT2D eigenvalue weighted by atomic mass is 16.3. The first-order valence-corrected chi connectivity index (χ1v) is 9.55. The second-order valence-electron chi connectivity index (χ2n) is 7.14. The van der Waals surface area contributed by atoms with Crippen LogP contribution in [0.2, 0.25) is 0 Å². The number of nitrogens with zero attached hydrogens (tertiary/aromatic N) is 2. The number of benzene rings is 2. The molecular formula is C22H24N4O2. The first-order chi connectivity index (χ1) is 13.7. The Labute approximate surface area is 163 Å². The van der Waals surface area contributed by atoms with Crippen LogP contribution in [0.15, 0.2) is 60.9 Å². The largest absolute Gasteiger partial charge is 0.391 e. The summed E-state index contributed by atoms with van der Waals surface area (Å²) < 4.78 is 0. The van der Waals surface area contributed by atoms with Crippen molar-refractivity contribution in [1.29, 1.82) is 0 Å². The number of piperidine rings is 1. The summed E-state index contributed by atoms with van der Waals surface area (Å²) in [5, 5.41) is 13.3. The summed E-state index contributed by atoms with van der Waals surface area (Å²) >= 11 is 0. The molecule has 1 saturated heterocycles. The number of aromatic amines is 1. The number of aromatic nitrogens is 2. The van der Waals surface area contributed by atoms with Crippen molar-refractivity contribution in [2.24, 2.45) is 0 Å². The van der Waals surface area contributed by atoms with Gasteiger partial charge in [0.1, 0.15) is 0 Å². The van der Waals surface area contributed by atoms with Gasteiger partial charge in [0.25, 0.3) is 5.91 Å². The van der Waals surface area contributed by atoms with Crippen molar-refractivity contribution < 1.29 is 9.90 Å². The summed E-state index contributed by atoms with van der Waals surface area (Å²) in [7, 11) is 0. The van der Waals surface area contributed by atoms with E-state index in [1.54, 1.807) is 18.5 Å². The van der Waals surface area contributed by atoms with Crippen LogP contribution in [-0.4, -0.2) is 57.7 Å². The molecule has 4 rings (SSSR count). The third kappa shape index (κ3) is 4.30. The molecule has 1 aliphatic heterocycles. The molecule has 1 amide bonds. The molecule has 1 aromatic heterocycles. The molecule has 0 bridgehead atoms. The van der Waals surface area contributed by atoms with Gasteiger partial charge in [-0.25, -0.2) is 4.98 Å². The normalized spacial score (nSPS) is 20.6. The van der Waals surface area contributed by atoms with Gasteiger partial charge in [-0.15, -0.1) is 0 Å². The summed E-state index contributed by atoms with van der Waals surface area (Å²) in [6, 6.07) is 15.2. The van der Waals surface area contributed by atoms with Gasteiger partial charge in [0.05, 0.1) is 29.5 Å². The van der Waals surface area contributed by atoms with E-state index in [1.807, 2.05) is 24.3 Å². The third-order valence-corrected chi connectivity index (χ3v) is 5.13. The average Bonchev–Trinajstić information content (AvgIpc) is 3.19. The van der Waals surface area contributed by atoms with Crippen LogP contribution in [0.4, 0.5) is 0 Å². The van der Waals surface area contributed by atoms with Crippen LogP contribution in [0.1, 0.15) is 22.3 Å². The highest BCUT2D eigenvalue weighted by Gasteiger charge is 2.28. The van der Waals surface area contributed by atoms with Crippen molar-refractivity contribution in [1.82, 2.24) is 20.2 Å². The van der Waals surface area contributed by atoms with Crippen LogP contribution in [0.25, 0.3) is 17.1 Å². The molecule has 0 spiro atoms. The number of carbonyl (C=O) groups is 1. The summed E-state index contributed by atoms with van der Waals surface area (Å²) in [5.74, 6) is -0.178. The quantitative estimate of drug-likeness (QED) is 0.639. The van der Waals surface area contributed by atoms with Gasteiger partial charge in [-0.1, -0.05) is 42.5 Å². The molecule has 0 saturated carbocycles. The molecule has 0 aliphatic carbocycles. The highest BCUT2D eigenvalue weighted by Crippen LogP contribution is 2.15. The van der Waals surface area contributed by atoms with E-state index in [0.717, 1.165) is 24.1 Å². The lowest BCUT2D eigenvalue weighted by atomic mass is 10.0. The Morgan fingerprint density at radius 3 is 3.00 bits per heavy atom. The molecule has 3 N–H and O–H groups in total. The number of fused-ring (bicyclic) bond motifs is 1. The number of rotatable bonds is 5. The number of hydrogen-bond donors (Lipinski definition) is 3. The highest BCUT2D eigenvalue weighted by molar-refractivity contribution is 5.97. The van der Waals surface area contributed by atoms with Gasteiger partial charge in [0.15, 0.2) is 0 Å². The van der Waals surface area contributed by atoms with E-state index in [2.05, 4.69) is 44.5 Å². The number of imidazole rings is 1. The fourth-order valence-corrected chi connectivity index (χ4v) is 3.55. The molecule has 3 aromatic rings. The first-order valence-electron chi connectivity index (χ1n) is 9.55. The van der Waals surface area contributed by atoms with Crippen LogP contribution < -0.4 is 5.32 Å². The number of aliphatic hydroxyl groups is 1. The molecule has 2 aromatic carbocycles. The number of aliphatic hydroxyl groups excluding tert-OH is 1. The van der Waals surface area contributed by atoms with Crippen molar-refractivity contribution in [3.8, 4) is 0 Å². The second-order valence-corrected chi connectivity index (χ2v) is 7.14. The Bertz CT molecular complexity index is 967. The Morgan fingerprint density at radius 2 is 2.14 bits per heavy atom. The van der Waals surface area contributed by atoms with Crippen molar-refractivity contribution in [2.75, 3.05) is 19.6 Å². The van der Waals surface area contributed by atoms with Crippen LogP contribution in [0, 0.1) is 0 Å². The maximum absolute atomic E-state index is 12.6.